The predicted octanol–water partition coefficient (Wildman–Crippen LogP) is 0.717. The van der Waals surface area contributed by atoms with E-state index in [9.17, 15) is 5.11 Å². The molecule has 3 N–H and O–H groups in total. The lowest BCUT2D eigenvalue weighted by Crippen LogP contribution is -2.06. The van der Waals surface area contributed by atoms with E-state index >= 15 is 0 Å². The molecule has 74 valence electrons. The second-order valence-corrected chi connectivity index (χ2v) is 3.22. The molecule has 2 heterocycles. The lowest BCUT2D eigenvalue weighted by molar-refractivity contribution is 0.172. The summed E-state index contributed by atoms with van der Waals surface area (Å²) >= 11 is 0. The van der Waals surface area contributed by atoms with Crippen LogP contribution < -0.4 is 5.73 Å². The van der Waals surface area contributed by atoms with E-state index in [0.29, 0.717) is 13.0 Å². The van der Waals surface area contributed by atoms with Gasteiger partial charge in [-0.25, -0.2) is 4.52 Å². The average molecular weight is 191 g/mol. The zero-order valence-electron chi connectivity index (χ0n) is 7.80. The first-order valence-electron chi connectivity index (χ1n) is 4.63. The lowest BCUT2D eigenvalue weighted by Gasteiger charge is -2.06. The van der Waals surface area contributed by atoms with Crippen LogP contribution in [0.15, 0.2) is 30.6 Å². The highest BCUT2D eigenvalue weighted by atomic mass is 16.3. The van der Waals surface area contributed by atoms with Crippen LogP contribution in [0.5, 0.6) is 0 Å². The number of aliphatic hydroxyl groups is 1. The van der Waals surface area contributed by atoms with E-state index in [2.05, 4.69) is 5.10 Å². The summed E-state index contributed by atoms with van der Waals surface area (Å²) in [4.78, 5) is 0. The molecule has 4 heteroatoms. The van der Waals surface area contributed by atoms with Crippen LogP contribution in [0, 0.1) is 0 Å². The van der Waals surface area contributed by atoms with E-state index in [0.717, 1.165) is 11.1 Å². The van der Waals surface area contributed by atoms with Crippen molar-refractivity contribution in [2.45, 2.75) is 12.5 Å². The Morgan fingerprint density at radius 3 is 3.14 bits per heavy atom. The van der Waals surface area contributed by atoms with Gasteiger partial charge in [0.25, 0.3) is 0 Å². The topological polar surface area (TPSA) is 63.5 Å². The van der Waals surface area contributed by atoms with Crippen molar-refractivity contribution in [1.82, 2.24) is 9.61 Å². The van der Waals surface area contributed by atoms with Crippen molar-refractivity contribution < 1.29 is 5.11 Å². The third kappa shape index (κ3) is 1.49. The number of rotatable bonds is 3. The highest BCUT2D eigenvalue weighted by molar-refractivity contribution is 5.54. The van der Waals surface area contributed by atoms with Gasteiger partial charge in [-0.1, -0.05) is 6.07 Å². The fraction of sp³-hybridized carbons (Fsp3) is 0.300. The second-order valence-electron chi connectivity index (χ2n) is 3.22. The van der Waals surface area contributed by atoms with Crippen LogP contribution in [0.4, 0.5) is 0 Å². The lowest BCUT2D eigenvalue weighted by atomic mass is 10.1. The minimum Gasteiger partial charge on any atom is -0.388 e. The summed E-state index contributed by atoms with van der Waals surface area (Å²) < 4.78 is 1.75. The zero-order chi connectivity index (χ0) is 9.97. The molecule has 4 nitrogen and oxygen atoms in total. The summed E-state index contributed by atoms with van der Waals surface area (Å²) in [7, 11) is 0. The van der Waals surface area contributed by atoms with Gasteiger partial charge in [0.05, 0.1) is 17.8 Å². The maximum Gasteiger partial charge on any atom is 0.0838 e. The number of nitrogens with two attached hydrogens (primary N) is 1. The van der Waals surface area contributed by atoms with Crippen molar-refractivity contribution in [2.75, 3.05) is 6.54 Å². The Kier molecular flexibility index (Phi) is 2.47. The fourth-order valence-electron chi connectivity index (χ4n) is 1.52. The van der Waals surface area contributed by atoms with Crippen LogP contribution >= 0.6 is 0 Å². The molecule has 0 aliphatic carbocycles. The van der Waals surface area contributed by atoms with E-state index in [1.807, 2.05) is 24.4 Å². The molecule has 0 fully saturated rings. The van der Waals surface area contributed by atoms with Crippen molar-refractivity contribution >= 4 is 5.52 Å². The number of nitrogens with zero attached hydrogens (tertiary/aromatic N) is 2. The van der Waals surface area contributed by atoms with Crippen LogP contribution in [0.25, 0.3) is 5.52 Å². The van der Waals surface area contributed by atoms with Gasteiger partial charge in [0.1, 0.15) is 0 Å². The van der Waals surface area contributed by atoms with Gasteiger partial charge in [-0.15, -0.1) is 0 Å². The van der Waals surface area contributed by atoms with E-state index in [4.69, 9.17) is 5.73 Å². The third-order valence-corrected chi connectivity index (χ3v) is 2.26. The molecule has 0 bridgehead atoms. The van der Waals surface area contributed by atoms with Crippen LogP contribution in [0.3, 0.4) is 0 Å². The monoisotopic (exact) mass is 191 g/mol. The van der Waals surface area contributed by atoms with Crippen LogP contribution in [-0.2, 0) is 0 Å². The Hall–Kier alpha value is -1.39. The van der Waals surface area contributed by atoms with E-state index < -0.39 is 6.10 Å². The summed E-state index contributed by atoms with van der Waals surface area (Å²) in [5, 5.41) is 13.9. The third-order valence-electron chi connectivity index (χ3n) is 2.26. The molecule has 2 rings (SSSR count). The van der Waals surface area contributed by atoms with Crippen molar-refractivity contribution in [3.05, 3.63) is 36.2 Å². The molecule has 2 aromatic heterocycles. The summed E-state index contributed by atoms with van der Waals surface area (Å²) in [6.07, 6.45) is 3.60. The predicted molar refractivity (Wildman–Crippen MR) is 53.8 cm³/mol. The van der Waals surface area contributed by atoms with Crippen LogP contribution in [0.2, 0.25) is 0 Å². The van der Waals surface area contributed by atoms with Gasteiger partial charge >= 0.3 is 0 Å². The molecule has 1 atom stereocenters. The molecule has 0 spiro atoms. The van der Waals surface area contributed by atoms with Crippen molar-refractivity contribution in [1.29, 1.82) is 0 Å². The average Bonchev–Trinajstić information content (AvgIpc) is 2.61. The molecule has 0 aromatic carbocycles. The number of aromatic nitrogens is 2. The fourth-order valence-corrected chi connectivity index (χ4v) is 1.52. The number of hydrogen-bond acceptors (Lipinski definition) is 3. The standard InChI is InChI=1S/C10H13N3O/c11-5-4-10(14)8-7-12-13-6-2-1-3-9(8)13/h1-3,6-7,10,14H,4-5,11H2/t10-/m1/s1. The first-order chi connectivity index (χ1) is 6.83. The summed E-state index contributed by atoms with van der Waals surface area (Å²) in [6.45, 7) is 0.478. The zero-order valence-corrected chi connectivity index (χ0v) is 7.80. The largest absolute Gasteiger partial charge is 0.388 e. The quantitative estimate of drug-likeness (QED) is 0.751. The molecule has 0 saturated heterocycles. The van der Waals surface area contributed by atoms with Gasteiger partial charge in [-0.05, 0) is 25.1 Å². The van der Waals surface area contributed by atoms with Crippen molar-refractivity contribution in [3.8, 4) is 0 Å². The Morgan fingerprint density at radius 2 is 2.36 bits per heavy atom. The van der Waals surface area contributed by atoms with Gasteiger partial charge in [0.2, 0.25) is 0 Å². The molecule has 0 saturated carbocycles. The maximum atomic E-state index is 9.77. The van der Waals surface area contributed by atoms with Gasteiger partial charge in [-0.2, -0.15) is 5.10 Å². The van der Waals surface area contributed by atoms with Crippen LogP contribution in [-0.4, -0.2) is 21.3 Å². The van der Waals surface area contributed by atoms with E-state index in [-0.39, 0.29) is 0 Å². The second kappa shape index (κ2) is 3.77. The summed E-state index contributed by atoms with van der Waals surface area (Å²) in [5.74, 6) is 0. The van der Waals surface area contributed by atoms with E-state index in [1.165, 1.54) is 0 Å². The molecule has 0 radical (unpaired) electrons. The minimum absolute atomic E-state index is 0.478. The van der Waals surface area contributed by atoms with Gasteiger partial charge in [0, 0.05) is 11.8 Å². The Labute approximate surface area is 82.0 Å². The van der Waals surface area contributed by atoms with Crippen molar-refractivity contribution in [2.24, 2.45) is 5.73 Å². The maximum absolute atomic E-state index is 9.77. The highest BCUT2D eigenvalue weighted by Gasteiger charge is 2.11. The molecular formula is C10H13N3O. The molecule has 0 amide bonds. The molecule has 0 aliphatic rings. The van der Waals surface area contributed by atoms with Crippen LogP contribution in [0.1, 0.15) is 18.1 Å². The van der Waals surface area contributed by atoms with Gasteiger partial charge in [0.15, 0.2) is 0 Å². The van der Waals surface area contributed by atoms with Gasteiger partial charge in [-0.3, -0.25) is 0 Å². The first-order valence-corrected chi connectivity index (χ1v) is 4.63. The summed E-state index contributed by atoms with van der Waals surface area (Å²) in [6, 6.07) is 5.76. The minimum atomic E-state index is -0.514. The SMILES string of the molecule is NCC[C@@H](O)c1cnn2ccccc12. The number of fused-ring (bicyclic) bond motifs is 1. The molecule has 0 aliphatic heterocycles. The van der Waals surface area contributed by atoms with E-state index in [1.54, 1.807) is 10.7 Å². The molecule has 0 unspecified atom stereocenters. The Balaban J connectivity index is 2.42. The van der Waals surface area contributed by atoms with Gasteiger partial charge < -0.3 is 10.8 Å². The molecular weight excluding hydrogens is 178 g/mol. The van der Waals surface area contributed by atoms with Crippen molar-refractivity contribution in [3.63, 3.8) is 0 Å². The molecule has 2 aromatic rings. The Morgan fingerprint density at radius 1 is 1.50 bits per heavy atom. The molecule has 14 heavy (non-hydrogen) atoms. The number of pyridine rings is 1. The normalized spacial score (nSPS) is 13.3. The number of aliphatic hydroxyl groups excluding tert-OH is 1. The first kappa shape index (κ1) is 9.18. The smallest absolute Gasteiger partial charge is 0.0838 e. The Bertz CT molecular complexity index is 424. The highest BCUT2D eigenvalue weighted by Crippen LogP contribution is 2.20. The number of hydrogen-bond donors (Lipinski definition) is 2. The summed E-state index contributed by atoms with van der Waals surface area (Å²) in [5.41, 5.74) is 7.17.